The summed E-state index contributed by atoms with van der Waals surface area (Å²) in [5, 5.41) is 6.81. The van der Waals surface area contributed by atoms with E-state index in [9.17, 15) is 0 Å². The zero-order valence-electron chi connectivity index (χ0n) is 16.7. The molecule has 0 aliphatic carbocycles. The first-order valence-electron chi connectivity index (χ1n) is 9.84. The molecule has 1 aliphatic rings. The molecule has 0 bridgehead atoms. The fourth-order valence-electron chi connectivity index (χ4n) is 3.11. The molecule has 158 valence electrons. The molecular formula is C23H26IN3O3. The maximum atomic E-state index is 5.45. The van der Waals surface area contributed by atoms with E-state index in [4.69, 9.17) is 18.9 Å². The highest BCUT2D eigenvalue weighted by atomic mass is 127. The van der Waals surface area contributed by atoms with Crippen LogP contribution in [0.1, 0.15) is 16.9 Å². The summed E-state index contributed by atoms with van der Waals surface area (Å²) < 4.78 is 16.2. The van der Waals surface area contributed by atoms with Crippen molar-refractivity contribution in [3.8, 4) is 11.5 Å². The summed E-state index contributed by atoms with van der Waals surface area (Å²) in [6.07, 6.45) is 3.37. The fraction of sp³-hybridized carbons (Fsp3) is 0.261. The van der Waals surface area contributed by atoms with Crippen molar-refractivity contribution in [2.24, 2.45) is 4.99 Å². The van der Waals surface area contributed by atoms with Gasteiger partial charge in [0.15, 0.2) is 17.5 Å². The highest BCUT2D eigenvalue weighted by Gasteiger charge is 2.13. The normalized spacial score (nSPS) is 12.3. The van der Waals surface area contributed by atoms with Gasteiger partial charge in [-0.3, -0.25) is 0 Å². The first-order valence-corrected chi connectivity index (χ1v) is 9.84. The van der Waals surface area contributed by atoms with Gasteiger partial charge in [0.05, 0.1) is 12.8 Å². The van der Waals surface area contributed by atoms with E-state index >= 15 is 0 Å². The van der Waals surface area contributed by atoms with Gasteiger partial charge in [0.1, 0.15) is 5.76 Å². The summed E-state index contributed by atoms with van der Waals surface area (Å²) in [6, 6.07) is 20.2. The second-order valence-electron chi connectivity index (χ2n) is 6.77. The molecule has 0 atom stereocenters. The predicted octanol–water partition coefficient (Wildman–Crippen LogP) is 4.15. The molecule has 2 aromatic carbocycles. The fourth-order valence-corrected chi connectivity index (χ4v) is 3.11. The molecule has 0 saturated heterocycles. The molecule has 1 aliphatic heterocycles. The van der Waals surface area contributed by atoms with Gasteiger partial charge in [-0.15, -0.1) is 24.0 Å². The Morgan fingerprint density at radius 2 is 1.63 bits per heavy atom. The molecule has 0 spiro atoms. The van der Waals surface area contributed by atoms with E-state index in [1.54, 1.807) is 6.26 Å². The average molecular weight is 519 g/mol. The summed E-state index contributed by atoms with van der Waals surface area (Å²) in [5.41, 5.74) is 2.37. The molecule has 0 saturated carbocycles. The lowest BCUT2D eigenvalue weighted by molar-refractivity contribution is 0.174. The molecule has 6 nitrogen and oxygen atoms in total. The van der Waals surface area contributed by atoms with Gasteiger partial charge >= 0.3 is 0 Å². The smallest absolute Gasteiger partial charge is 0.231 e. The molecule has 0 fully saturated rings. The van der Waals surface area contributed by atoms with E-state index in [1.165, 1.54) is 11.1 Å². The maximum Gasteiger partial charge on any atom is 0.231 e. The average Bonchev–Trinajstić information content (AvgIpc) is 3.44. The van der Waals surface area contributed by atoms with Gasteiger partial charge in [0, 0.05) is 19.5 Å². The van der Waals surface area contributed by atoms with Crippen LogP contribution in [-0.4, -0.2) is 25.8 Å². The van der Waals surface area contributed by atoms with Crippen molar-refractivity contribution in [2.75, 3.05) is 19.9 Å². The Hall–Kier alpha value is -2.68. The molecule has 0 unspecified atom stereocenters. The SMILES string of the molecule is I.c1ccc(CN=C(NCCc2ccc3c(c2)OCO3)NCCc2ccco2)cc1. The Morgan fingerprint density at radius 3 is 2.43 bits per heavy atom. The first kappa shape index (κ1) is 22.0. The van der Waals surface area contributed by atoms with Crippen LogP contribution in [0.3, 0.4) is 0 Å². The summed E-state index contributed by atoms with van der Waals surface area (Å²) in [6.45, 7) is 2.44. The molecule has 7 heteroatoms. The molecule has 2 heterocycles. The Balaban J connectivity index is 0.00000256. The number of fused-ring (bicyclic) bond motifs is 1. The highest BCUT2D eigenvalue weighted by Crippen LogP contribution is 2.32. The van der Waals surface area contributed by atoms with Crippen LogP contribution in [0, 0.1) is 0 Å². The molecule has 0 amide bonds. The number of halogens is 1. The number of aliphatic imine (C=N–C) groups is 1. The molecule has 30 heavy (non-hydrogen) atoms. The number of ether oxygens (including phenoxy) is 2. The third kappa shape index (κ3) is 6.41. The van der Waals surface area contributed by atoms with Crippen LogP contribution in [0.5, 0.6) is 11.5 Å². The van der Waals surface area contributed by atoms with Crippen LogP contribution in [0.2, 0.25) is 0 Å². The minimum absolute atomic E-state index is 0. The van der Waals surface area contributed by atoms with Crippen molar-refractivity contribution in [1.82, 2.24) is 10.6 Å². The number of rotatable bonds is 8. The summed E-state index contributed by atoms with van der Waals surface area (Å²) in [7, 11) is 0. The quantitative estimate of drug-likeness (QED) is 0.266. The molecule has 3 aromatic rings. The lowest BCUT2D eigenvalue weighted by atomic mass is 10.1. The monoisotopic (exact) mass is 519 g/mol. The minimum Gasteiger partial charge on any atom is -0.469 e. The minimum atomic E-state index is 0. The van der Waals surface area contributed by atoms with E-state index in [-0.39, 0.29) is 24.0 Å². The van der Waals surface area contributed by atoms with Gasteiger partial charge < -0.3 is 24.5 Å². The standard InChI is InChI=1S/C23H25N3O3.HI/c1-2-5-19(6-3-1)16-26-23(25-13-11-20-7-4-14-27-20)24-12-10-18-8-9-21-22(15-18)29-17-28-21;/h1-9,14-15H,10-13,16-17H2,(H2,24,25,26);1H. The van der Waals surface area contributed by atoms with Crippen LogP contribution < -0.4 is 20.1 Å². The van der Waals surface area contributed by atoms with E-state index in [0.717, 1.165) is 49.1 Å². The van der Waals surface area contributed by atoms with E-state index in [1.807, 2.05) is 42.5 Å². The Labute approximate surface area is 193 Å². The van der Waals surface area contributed by atoms with Crippen LogP contribution >= 0.6 is 24.0 Å². The summed E-state index contributed by atoms with van der Waals surface area (Å²) in [5.74, 6) is 3.38. The van der Waals surface area contributed by atoms with Gasteiger partial charge in [-0.05, 0) is 41.8 Å². The zero-order valence-corrected chi connectivity index (χ0v) is 19.0. The number of hydrogen-bond donors (Lipinski definition) is 2. The van der Waals surface area contributed by atoms with E-state index < -0.39 is 0 Å². The van der Waals surface area contributed by atoms with Gasteiger partial charge in [0.2, 0.25) is 6.79 Å². The molecular weight excluding hydrogens is 493 g/mol. The lowest BCUT2D eigenvalue weighted by Crippen LogP contribution is -2.39. The third-order valence-corrected chi connectivity index (χ3v) is 4.65. The number of nitrogens with zero attached hydrogens (tertiary/aromatic N) is 1. The third-order valence-electron chi connectivity index (χ3n) is 4.65. The first-order chi connectivity index (χ1) is 14.4. The second-order valence-corrected chi connectivity index (χ2v) is 6.77. The Kier molecular flexibility index (Phi) is 8.43. The molecule has 1 aromatic heterocycles. The van der Waals surface area contributed by atoms with Crippen LogP contribution in [0.15, 0.2) is 76.3 Å². The number of furan rings is 1. The predicted molar refractivity (Wildman–Crippen MR) is 128 cm³/mol. The largest absolute Gasteiger partial charge is 0.469 e. The maximum absolute atomic E-state index is 5.45. The Bertz CT molecular complexity index is 930. The van der Waals surface area contributed by atoms with Gasteiger partial charge in [-0.25, -0.2) is 4.99 Å². The van der Waals surface area contributed by atoms with Gasteiger partial charge in [-0.1, -0.05) is 36.4 Å². The second kappa shape index (κ2) is 11.5. The number of hydrogen-bond acceptors (Lipinski definition) is 4. The van der Waals surface area contributed by atoms with Gasteiger partial charge in [0.25, 0.3) is 0 Å². The summed E-state index contributed by atoms with van der Waals surface area (Å²) >= 11 is 0. The van der Waals surface area contributed by atoms with Gasteiger partial charge in [-0.2, -0.15) is 0 Å². The van der Waals surface area contributed by atoms with Crippen molar-refractivity contribution in [2.45, 2.75) is 19.4 Å². The zero-order chi connectivity index (χ0) is 19.7. The van der Waals surface area contributed by atoms with Crippen LogP contribution in [0.25, 0.3) is 0 Å². The Morgan fingerprint density at radius 1 is 0.833 bits per heavy atom. The molecule has 2 N–H and O–H groups in total. The van der Waals surface area contributed by atoms with E-state index in [2.05, 4.69) is 28.8 Å². The highest BCUT2D eigenvalue weighted by molar-refractivity contribution is 14.0. The topological polar surface area (TPSA) is 68.0 Å². The van der Waals surface area contributed by atoms with Crippen molar-refractivity contribution in [3.63, 3.8) is 0 Å². The number of nitrogens with one attached hydrogen (secondary N) is 2. The van der Waals surface area contributed by atoms with Crippen molar-refractivity contribution in [3.05, 3.63) is 83.8 Å². The van der Waals surface area contributed by atoms with Crippen molar-refractivity contribution >= 4 is 29.9 Å². The summed E-state index contributed by atoms with van der Waals surface area (Å²) in [4.78, 5) is 4.72. The number of benzene rings is 2. The van der Waals surface area contributed by atoms with Crippen molar-refractivity contribution < 1.29 is 13.9 Å². The molecule has 4 rings (SSSR count). The van der Waals surface area contributed by atoms with Crippen molar-refractivity contribution in [1.29, 1.82) is 0 Å². The van der Waals surface area contributed by atoms with Crippen LogP contribution in [0.4, 0.5) is 0 Å². The van der Waals surface area contributed by atoms with Crippen LogP contribution in [-0.2, 0) is 19.4 Å². The van der Waals surface area contributed by atoms with E-state index in [0.29, 0.717) is 13.3 Å². The lowest BCUT2D eigenvalue weighted by Gasteiger charge is -2.13. The number of guanidine groups is 1. The molecule has 0 radical (unpaired) electrons.